The Kier molecular flexibility index (Phi) is 4.41. The number of nitrogens with zero attached hydrogens (tertiary/aromatic N) is 2. The van der Waals surface area contributed by atoms with Crippen LogP contribution in [0, 0.1) is 0 Å². The van der Waals surface area contributed by atoms with Crippen LogP contribution in [0.2, 0.25) is 0 Å². The first kappa shape index (κ1) is 15.8. The van der Waals surface area contributed by atoms with Gasteiger partial charge in [-0.1, -0.05) is 42.2 Å². The highest BCUT2D eigenvalue weighted by atomic mass is 32.2. The fourth-order valence-electron chi connectivity index (χ4n) is 2.84. The Morgan fingerprint density at radius 2 is 2.00 bits per heavy atom. The highest BCUT2D eigenvalue weighted by Gasteiger charge is 2.37. The number of thioether (sulfide) groups is 1. The van der Waals surface area contributed by atoms with E-state index >= 15 is 0 Å². The molecular formula is C17H16N2O3S2. The van der Waals surface area contributed by atoms with Crippen LogP contribution in [0.1, 0.15) is 5.56 Å². The van der Waals surface area contributed by atoms with E-state index in [9.17, 15) is 4.79 Å². The van der Waals surface area contributed by atoms with Gasteiger partial charge in [0.05, 0.1) is 18.1 Å². The van der Waals surface area contributed by atoms with Crippen molar-refractivity contribution >= 4 is 40.3 Å². The number of carbonyl (C=O) groups excluding carboxylic acids is 1. The first-order valence-corrected chi connectivity index (χ1v) is 8.98. The van der Waals surface area contributed by atoms with Crippen LogP contribution in [0.15, 0.2) is 40.8 Å². The van der Waals surface area contributed by atoms with E-state index in [0.29, 0.717) is 42.1 Å². The van der Waals surface area contributed by atoms with Gasteiger partial charge in [0, 0.05) is 18.7 Å². The van der Waals surface area contributed by atoms with Crippen LogP contribution in [-0.4, -0.2) is 53.2 Å². The Morgan fingerprint density at radius 3 is 2.83 bits per heavy atom. The molecular weight excluding hydrogens is 344 g/mol. The highest BCUT2D eigenvalue weighted by Crippen LogP contribution is 2.34. The number of ether oxygens (including phenoxy) is 2. The summed E-state index contributed by atoms with van der Waals surface area (Å²) in [5.41, 5.74) is 2.00. The molecule has 3 aliphatic rings. The number of thiocarbonyl (C=S) groups is 1. The number of rotatable bonds is 2. The van der Waals surface area contributed by atoms with Crippen molar-refractivity contribution in [3.05, 3.63) is 46.4 Å². The smallest absolute Gasteiger partial charge is 0.280 e. The summed E-state index contributed by atoms with van der Waals surface area (Å²) in [5.74, 6) is 0.808. The zero-order valence-electron chi connectivity index (χ0n) is 12.9. The van der Waals surface area contributed by atoms with Crippen molar-refractivity contribution in [2.24, 2.45) is 0 Å². The molecule has 0 saturated carbocycles. The minimum Gasteiger partial charge on any atom is -0.488 e. The molecule has 0 unspecified atom stereocenters. The third-order valence-electron chi connectivity index (χ3n) is 4.01. The standard InChI is InChI=1S/C17H16N2O3S2/c20-16-15(24-17(23)19(16)18-5-7-21-8-6-18)10-12-9-13-3-1-2-4-14(13)22-11-12/h1-4,9-10H,5-8,11H2/b15-10+. The van der Waals surface area contributed by atoms with Gasteiger partial charge in [-0.05, 0) is 23.8 Å². The lowest BCUT2D eigenvalue weighted by Crippen LogP contribution is -2.50. The lowest BCUT2D eigenvalue weighted by Gasteiger charge is -2.33. The second kappa shape index (κ2) is 6.68. The van der Waals surface area contributed by atoms with E-state index in [0.717, 1.165) is 16.9 Å². The van der Waals surface area contributed by atoms with Gasteiger partial charge >= 0.3 is 0 Å². The summed E-state index contributed by atoms with van der Waals surface area (Å²) in [6, 6.07) is 7.87. The van der Waals surface area contributed by atoms with Gasteiger partial charge in [-0.3, -0.25) is 4.79 Å². The minimum atomic E-state index is -0.0633. The number of amides is 1. The molecule has 0 radical (unpaired) electrons. The number of benzene rings is 1. The van der Waals surface area contributed by atoms with Gasteiger partial charge in [0.15, 0.2) is 4.32 Å². The summed E-state index contributed by atoms with van der Waals surface area (Å²) < 4.78 is 11.7. The van der Waals surface area contributed by atoms with Crippen LogP contribution < -0.4 is 4.74 Å². The molecule has 124 valence electrons. The first-order chi connectivity index (χ1) is 11.7. The van der Waals surface area contributed by atoms with E-state index in [1.54, 1.807) is 5.01 Å². The maximum atomic E-state index is 12.7. The van der Waals surface area contributed by atoms with E-state index in [4.69, 9.17) is 21.7 Å². The third-order valence-corrected chi connectivity index (χ3v) is 5.30. The zero-order valence-corrected chi connectivity index (χ0v) is 14.6. The molecule has 3 heterocycles. The Balaban J connectivity index is 1.57. The number of carbonyl (C=O) groups is 1. The topological polar surface area (TPSA) is 42.0 Å². The number of fused-ring (bicyclic) bond motifs is 1. The third kappa shape index (κ3) is 3.00. The van der Waals surface area contributed by atoms with Gasteiger partial charge in [-0.15, -0.1) is 0 Å². The van der Waals surface area contributed by atoms with Gasteiger partial charge in [-0.2, -0.15) is 0 Å². The number of hydrazine groups is 1. The highest BCUT2D eigenvalue weighted by molar-refractivity contribution is 8.26. The molecule has 0 aromatic heterocycles. The summed E-state index contributed by atoms with van der Waals surface area (Å²) in [4.78, 5) is 13.4. The van der Waals surface area contributed by atoms with Crippen molar-refractivity contribution in [3.63, 3.8) is 0 Å². The largest absolute Gasteiger partial charge is 0.488 e. The molecule has 5 nitrogen and oxygen atoms in total. The maximum Gasteiger partial charge on any atom is 0.280 e. The minimum absolute atomic E-state index is 0.0633. The predicted octanol–water partition coefficient (Wildman–Crippen LogP) is 2.45. The van der Waals surface area contributed by atoms with Crippen molar-refractivity contribution in [2.75, 3.05) is 32.9 Å². The van der Waals surface area contributed by atoms with E-state index in [1.165, 1.54) is 11.8 Å². The molecule has 2 fully saturated rings. The molecule has 7 heteroatoms. The van der Waals surface area contributed by atoms with Gasteiger partial charge in [0.1, 0.15) is 12.4 Å². The monoisotopic (exact) mass is 360 g/mol. The van der Waals surface area contributed by atoms with Crippen molar-refractivity contribution in [2.45, 2.75) is 0 Å². The second-order valence-electron chi connectivity index (χ2n) is 5.61. The van der Waals surface area contributed by atoms with Crippen LogP contribution in [0.3, 0.4) is 0 Å². The molecule has 1 aromatic rings. The fourth-order valence-corrected chi connectivity index (χ4v) is 4.17. The Labute approximate surface area is 149 Å². The van der Waals surface area contributed by atoms with Crippen molar-refractivity contribution in [3.8, 4) is 5.75 Å². The van der Waals surface area contributed by atoms with Crippen LogP contribution in [0.25, 0.3) is 6.08 Å². The summed E-state index contributed by atoms with van der Waals surface area (Å²) in [7, 11) is 0. The molecule has 0 spiro atoms. The summed E-state index contributed by atoms with van der Waals surface area (Å²) in [6.07, 6.45) is 3.94. The Bertz CT molecular complexity index is 754. The maximum absolute atomic E-state index is 12.7. The molecule has 0 aliphatic carbocycles. The van der Waals surface area contributed by atoms with Crippen LogP contribution in [0.5, 0.6) is 5.75 Å². The Morgan fingerprint density at radius 1 is 1.21 bits per heavy atom. The van der Waals surface area contributed by atoms with E-state index in [1.807, 2.05) is 35.4 Å². The van der Waals surface area contributed by atoms with Crippen LogP contribution in [-0.2, 0) is 9.53 Å². The van der Waals surface area contributed by atoms with Crippen molar-refractivity contribution in [1.29, 1.82) is 0 Å². The number of hydrogen-bond acceptors (Lipinski definition) is 6. The molecule has 1 amide bonds. The molecule has 0 N–H and O–H groups in total. The zero-order chi connectivity index (χ0) is 16.5. The Hall–Kier alpha value is -1.67. The average molecular weight is 360 g/mol. The molecule has 4 rings (SSSR count). The predicted molar refractivity (Wildman–Crippen MR) is 97.4 cm³/mol. The SMILES string of the molecule is O=C1/C(=C\C2=Cc3ccccc3OC2)SC(=S)N1N1CCOCC1. The number of morpholine rings is 1. The number of hydrogen-bond donors (Lipinski definition) is 0. The van der Waals surface area contributed by atoms with Crippen LogP contribution in [0.4, 0.5) is 0 Å². The molecule has 3 aliphatic heterocycles. The lowest BCUT2D eigenvalue weighted by molar-refractivity contribution is -0.138. The summed E-state index contributed by atoms with van der Waals surface area (Å²) in [6.45, 7) is 3.05. The van der Waals surface area contributed by atoms with Gasteiger partial charge in [-0.25, -0.2) is 10.0 Å². The van der Waals surface area contributed by atoms with Crippen molar-refractivity contribution in [1.82, 2.24) is 10.0 Å². The van der Waals surface area contributed by atoms with E-state index in [-0.39, 0.29) is 5.91 Å². The van der Waals surface area contributed by atoms with Crippen molar-refractivity contribution < 1.29 is 14.3 Å². The fraction of sp³-hybridized carbons (Fsp3) is 0.294. The molecule has 1 aromatic carbocycles. The molecule has 24 heavy (non-hydrogen) atoms. The van der Waals surface area contributed by atoms with Gasteiger partial charge < -0.3 is 9.47 Å². The average Bonchev–Trinajstić information content (AvgIpc) is 2.89. The first-order valence-electron chi connectivity index (χ1n) is 7.75. The molecule has 0 atom stereocenters. The second-order valence-corrected chi connectivity index (χ2v) is 7.28. The number of para-hydroxylation sites is 1. The van der Waals surface area contributed by atoms with Gasteiger partial charge in [0.25, 0.3) is 5.91 Å². The summed E-state index contributed by atoms with van der Waals surface area (Å²) >= 11 is 6.74. The van der Waals surface area contributed by atoms with E-state index in [2.05, 4.69) is 6.08 Å². The van der Waals surface area contributed by atoms with E-state index < -0.39 is 0 Å². The summed E-state index contributed by atoms with van der Waals surface area (Å²) in [5, 5.41) is 3.57. The normalized spacial score (nSPS) is 23.2. The van der Waals surface area contributed by atoms with Crippen LogP contribution >= 0.6 is 24.0 Å². The lowest BCUT2D eigenvalue weighted by atomic mass is 10.1. The molecule has 2 saturated heterocycles. The molecule has 0 bridgehead atoms. The quantitative estimate of drug-likeness (QED) is 0.596. The van der Waals surface area contributed by atoms with Gasteiger partial charge in [0.2, 0.25) is 0 Å².